The molecule has 366 valence electrons. The van der Waals surface area contributed by atoms with Gasteiger partial charge in [0.25, 0.3) is 9.28 Å². The molecule has 0 aliphatic carbocycles. The Hall–Kier alpha value is 1.11. The lowest BCUT2D eigenvalue weighted by Crippen LogP contribution is -2.52. The molecule has 2 N–H and O–H groups in total. The molecule has 58 heavy (non-hydrogen) atoms. The van der Waals surface area contributed by atoms with Crippen molar-refractivity contribution in [1.82, 2.24) is 0 Å². The van der Waals surface area contributed by atoms with E-state index < -0.39 is 76.8 Å². The SMILES string of the molecule is C.C.C.C.C.C.C=CCCC=C.CCCCCCCC.C[SiH](O[Si](C)(C)C)O[Si](C)(C)C.C[Si](C)(C)O[Si](C)(O)O[Si](C)(C)C.C[Si](C)(C)O[Si](C)(O)O[Si](C)(C)C. The van der Waals surface area contributed by atoms with Gasteiger partial charge in [-0.05, 0) is 137 Å². The van der Waals surface area contributed by atoms with Crippen molar-refractivity contribution in [2.75, 3.05) is 0 Å². The Morgan fingerprint density at radius 1 is 0.397 bits per heavy atom. The van der Waals surface area contributed by atoms with Crippen molar-refractivity contribution in [3.8, 4) is 0 Å². The van der Waals surface area contributed by atoms with Crippen molar-refractivity contribution in [3.63, 3.8) is 0 Å². The van der Waals surface area contributed by atoms with Crippen molar-refractivity contribution in [1.29, 1.82) is 0 Å². The van der Waals surface area contributed by atoms with Crippen molar-refractivity contribution in [2.24, 2.45) is 0 Å². The van der Waals surface area contributed by atoms with E-state index in [2.05, 4.69) is 151 Å². The Morgan fingerprint density at radius 3 is 0.707 bits per heavy atom. The van der Waals surface area contributed by atoms with Crippen molar-refractivity contribution < 1.29 is 34.3 Å². The molecular formula is C41H118O8Si9. The first-order valence-corrected chi connectivity index (χ1v) is 46.7. The fraction of sp³-hybridized carbons (Fsp3) is 0.902. The standard InChI is InChI=1S/C8H18.2C7H22O3Si3.C7H22O2Si3.C6H10.6CH4/c1-3-5-7-8-6-4-2;2*1-11(2,3)9-13(7,8)10-12(4,5)6;1-10(8-11(2,3)4)9-12(5,6)7;1-3-5-6-4-2;;;;;;/h3-8H2,1-2H3;2*8H,1-7H3;10H,1-7H3;3-4H,1-2,5-6H2;6*1H4. The molecule has 0 aromatic heterocycles. The van der Waals surface area contributed by atoms with E-state index in [0.29, 0.717) is 0 Å². The van der Waals surface area contributed by atoms with Crippen LogP contribution in [-0.4, -0.2) is 86.4 Å². The lowest BCUT2D eigenvalue weighted by atomic mass is 10.1. The zero-order valence-corrected chi connectivity index (χ0v) is 48.3. The summed E-state index contributed by atoms with van der Waals surface area (Å²) in [5, 5.41) is 0. The van der Waals surface area contributed by atoms with Crippen LogP contribution in [0.3, 0.4) is 0 Å². The monoisotopic (exact) mass is 991 g/mol. The molecule has 0 aromatic rings. The highest BCUT2D eigenvalue weighted by molar-refractivity contribution is 6.85. The first-order valence-electron chi connectivity index (χ1n) is 19.6. The quantitative estimate of drug-likeness (QED) is 0.0708. The lowest BCUT2D eigenvalue weighted by molar-refractivity contribution is 0.253. The van der Waals surface area contributed by atoms with E-state index in [1.165, 1.54) is 38.5 Å². The van der Waals surface area contributed by atoms with Crippen molar-refractivity contribution in [3.05, 3.63) is 25.3 Å². The molecule has 0 aliphatic heterocycles. The van der Waals surface area contributed by atoms with Crippen LogP contribution < -0.4 is 0 Å². The Balaban J connectivity index is -0.0000000527. The molecule has 0 heterocycles. The van der Waals surface area contributed by atoms with Crippen LogP contribution in [0.1, 0.15) is 110 Å². The van der Waals surface area contributed by atoms with Crippen LogP contribution in [0.4, 0.5) is 0 Å². The highest BCUT2D eigenvalue weighted by atomic mass is 28.5. The van der Waals surface area contributed by atoms with E-state index in [4.69, 9.17) is 24.7 Å². The van der Waals surface area contributed by atoms with Crippen molar-refractivity contribution in [2.45, 2.75) is 247 Å². The number of unbranched alkanes of at least 4 members (excludes halogenated alkanes) is 6. The Morgan fingerprint density at radius 2 is 0.586 bits per heavy atom. The average molecular weight is 992 g/mol. The molecule has 0 spiro atoms. The van der Waals surface area contributed by atoms with Gasteiger partial charge in [0.05, 0.1) is 0 Å². The third kappa shape index (κ3) is 96.7. The summed E-state index contributed by atoms with van der Waals surface area (Å²) in [4.78, 5) is 19.9. The smallest absolute Gasteiger partial charge is 0.439 e. The first kappa shape index (κ1) is 86.2. The maximum atomic E-state index is 9.95. The van der Waals surface area contributed by atoms with Gasteiger partial charge in [-0.25, -0.2) is 0 Å². The molecule has 0 amide bonds. The van der Waals surface area contributed by atoms with E-state index in [9.17, 15) is 9.59 Å². The molecule has 0 rings (SSSR count). The Bertz CT molecular complexity index is 766. The summed E-state index contributed by atoms with van der Waals surface area (Å²) in [6.45, 7) is 55.1. The second kappa shape index (κ2) is 40.9. The summed E-state index contributed by atoms with van der Waals surface area (Å²) >= 11 is 0. The van der Waals surface area contributed by atoms with Gasteiger partial charge in [0.15, 0.2) is 49.9 Å². The van der Waals surface area contributed by atoms with E-state index in [1.54, 1.807) is 13.1 Å². The third-order valence-corrected chi connectivity index (χ3v) is 29.2. The van der Waals surface area contributed by atoms with Gasteiger partial charge in [-0.15, -0.1) is 13.2 Å². The highest BCUT2D eigenvalue weighted by Crippen LogP contribution is 2.19. The van der Waals surface area contributed by atoms with Gasteiger partial charge in [-0.3, -0.25) is 0 Å². The molecule has 8 nitrogen and oxygen atoms in total. The molecule has 0 saturated heterocycles. The average Bonchev–Trinajstić information content (AvgIpc) is 2.78. The van der Waals surface area contributed by atoms with Gasteiger partial charge < -0.3 is 34.3 Å². The molecule has 17 heteroatoms. The summed E-state index contributed by atoms with van der Waals surface area (Å²) < 4.78 is 34.4. The maximum Gasteiger partial charge on any atom is 0.473 e. The first-order chi connectivity index (χ1) is 22.8. The van der Waals surface area contributed by atoms with Gasteiger partial charge in [-0.1, -0.05) is 109 Å². The second-order valence-electron chi connectivity index (χ2n) is 19.3. The van der Waals surface area contributed by atoms with E-state index >= 15 is 0 Å². The minimum absolute atomic E-state index is 0. The van der Waals surface area contributed by atoms with Crippen LogP contribution in [0.15, 0.2) is 25.3 Å². The maximum absolute atomic E-state index is 9.95. The predicted octanol–water partition coefficient (Wildman–Crippen LogP) is 16.4. The zero-order valence-electron chi connectivity index (χ0n) is 39.1. The normalized spacial score (nSPS) is 11.6. The van der Waals surface area contributed by atoms with Crippen LogP contribution in [0.2, 0.25) is 137 Å². The van der Waals surface area contributed by atoms with Gasteiger partial charge in [0.1, 0.15) is 0 Å². The molecule has 0 unspecified atom stereocenters. The topological polar surface area (TPSA) is 95.8 Å². The van der Waals surface area contributed by atoms with Crippen LogP contribution in [0.5, 0.6) is 0 Å². The Kier molecular flexibility index (Phi) is 60.7. The van der Waals surface area contributed by atoms with Gasteiger partial charge in [0.2, 0.25) is 0 Å². The number of hydrogen-bond acceptors (Lipinski definition) is 8. The van der Waals surface area contributed by atoms with Crippen LogP contribution >= 0.6 is 0 Å². The molecular weight excluding hydrogens is 873 g/mol. The minimum Gasteiger partial charge on any atom is -0.439 e. The minimum atomic E-state index is -2.85. The molecule has 0 radical (unpaired) electrons. The van der Waals surface area contributed by atoms with E-state index in [-0.39, 0.29) is 44.6 Å². The second-order valence-corrected chi connectivity index (χ2v) is 54.5. The van der Waals surface area contributed by atoms with Crippen LogP contribution in [0, 0.1) is 0 Å². The zero-order chi connectivity index (χ0) is 42.9. The van der Waals surface area contributed by atoms with E-state index in [0.717, 1.165) is 12.8 Å². The predicted molar refractivity (Wildman–Crippen MR) is 296 cm³/mol. The fourth-order valence-electron chi connectivity index (χ4n) is 4.42. The summed E-state index contributed by atoms with van der Waals surface area (Å²) in [6, 6.07) is 0. The van der Waals surface area contributed by atoms with Crippen molar-refractivity contribution >= 4 is 76.8 Å². The largest absolute Gasteiger partial charge is 0.473 e. The van der Waals surface area contributed by atoms with Crippen LogP contribution in [0.25, 0.3) is 0 Å². The number of hydrogen-bond donors (Lipinski definition) is 2. The molecule has 0 saturated carbocycles. The van der Waals surface area contributed by atoms with Crippen LogP contribution in [-0.2, 0) is 24.7 Å². The number of allylic oxidation sites excluding steroid dienone is 2. The summed E-state index contributed by atoms with van der Waals surface area (Å²) in [7, 11) is -16.5. The third-order valence-electron chi connectivity index (χ3n) is 5.05. The van der Waals surface area contributed by atoms with Gasteiger partial charge in [-0.2, -0.15) is 0 Å². The van der Waals surface area contributed by atoms with E-state index in [1.807, 2.05) is 12.2 Å². The molecule has 0 fully saturated rings. The molecule has 0 atom stereocenters. The molecule has 0 aliphatic rings. The number of rotatable bonds is 20. The summed E-state index contributed by atoms with van der Waals surface area (Å²) in [6.07, 6.45) is 14.4. The van der Waals surface area contributed by atoms with Gasteiger partial charge >= 0.3 is 17.6 Å². The highest BCUT2D eigenvalue weighted by Gasteiger charge is 2.40. The van der Waals surface area contributed by atoms with Gasteiger partial charge in [0, 0.05) is 13.1 Å². The fourth-order valence-corrected chi connectivity index (χ4v) is 32.3. The lowest BCUT2D eigenvalue weighted by Gasteiger charge is -2.33. The summed E-state index contributed by atoms with van der Waals surface area (Å²) in [5.74, 6) is 0. The summed E-state index contributed by atoms with van der Waals surface area (Å²) in [5.41, 5.74) is 0. The molecule has 0 bridgehead atoms. The molecule has 0 aromatic carbocycles. The Labute approximate surface area is 381 Å².